The van der Waals surface area contributed by atoms with Crippen molar-refractivity contribution in [2.45, 2.75) is 19.5 Å². The fourth-order valence-electron chi connectivity index (χ4n) is 1.77. The lowest BCUT2D eigenvalue weighted by molar-refractivity contribution is -0.142. The fourth-order valence-corrected chi connectivity index (χ4v) is 1.77. The lowest BCUT2D eigenvalue weighted by atomic mass is 10.1. The van der Waals surface area contributed by atoms with E-state index in [1.54, 1.807) is 40.4 Å². The van der Waals surface area contributed by atoms with E-state index in [1.807, 2.05) is 0 Å². The zero-order valence-electron chi connectivity index (χ0n) is 12.5. The Balaban J connectivity index is 2.95. The summed E-state index contributed by atoms with van der Waals surface area (Å²) in [5, 5.41) is 3.06. The molecule has 0 amide bonds. The Morgan fingerprint density at radius 2 is 1.65 bits per heavy atom. The first-order chi connectivity index (χ1) is 9.57. The second kappa shape index (κ2) is 7.59. The highest BCUT2D eigenvalue weighted by atomic mass is 16.5. The van der Waals surface area contributed by atoms with Crippen LogP contribution in [-0.2, 0) is 16.1 Å². The molecule has 1 rings (SSSR count). The Morgan fingerprint density at radius 3 is 2.05 bits per heavy atom. The maximum absolute atomic E-state index is 11.4. The van der Waals surface area contributed by atoms with Crippen molar-refractivity contribution in [3.05, 3.63) is 17.7 Å². The molecule has 1 N–H and O–H groups in total. The Morgan fingerprint density at radius 1 is 1.10 bits per heavy atom. The summed E-state index contributed by atoms with van der Waals surface area (Å²) < 4.78 is 20.5. The minimum absolute atomic E-state index is 0.323. The van der Waals surface area contributed by atoms with E-state index >= 15 is 0 Å². The van der Waals surface area contributed by atoms with Crippen molar-refractivity contribution in [3.8, 4) is 17.2 Å². The summed E-state index contributed by atoms with van der Waals surface area (Å²) in [5.74, 6) is 1.58. The molecule has 0 aliphatic carbocycles. The summed E-state index contributed by atoms with van der Waals surface area (Å²) in [6, 6.07) is 3.11. The smallest absolute Gasteiger partial charge is 0.322 e. The highest BCUT2D eigenvalue weighted by Gasteiger charge is 2.17. The molecule has 20 heavy (non-hydrogen) atoms. The van der Waals surface area contributed by atoms with Gasteiger partial charge >= 0.3 is 5.97 Å². The number of benzene rings is 1. The minimum atomic E-state index is -0.420. The minimum Gasteiger partial charge on any atom is -0.496 e. The quantitative estimate of drug-likeness (QED) is 0.762. The van der Waals surface area contributed by atoms with Crippen LogP contribution in [-0.4, -0.2) is 40.5 Å². The maximum Gasteiger partial charge on any atom is 0.322 e. The number of nitrogens with one attached hydrogen (secondary N) is 1. The Bertz CT molecular complexity index is 436. The van der Waals surface area contributed by atoms with Crippen molar-refractivity contribution in [1.82, 2.24) is 5.32 Å². The molecule has 0 aromatic heterocycles. The molecule has 0 saturated heterocycles. The number of hydrogen-bond acceptors (Lipinski definition) is 6. The predicted octanol–water partition coefficient (Wildman–Crippen LogP) is 1.36. The Labute approximate surface area is 119 Å². The highest BCUT2D eigenvalue weighted by molar-refractivity contribution is 5.75. The van der Waals surface area contributed by atoms with Crippen molar-refractivity contribution < 1.29 is 23.7 Å². The maximum atomic E-state index is 11.4. The van der Waals surface area contributed by atoms with E-state index in [2.05, 4.69) is 10.1 Å². The average Bonchev–Trinajstić information content (AvgIpc) is 2.50. The lowest BCUT2D eigenvalue weighted by Crippen LogP contribution is -2.34. The zero-order valence-corrected chi connectivity index (χ0v) is 12.5. The monoisotopic (exact) mass is 283 g/mol. The number of rotatable bonds is 7. The van der Waals surface area contributed by atoms with E-state index < -0.39 is 6.04 Å². The van der Waals surface area contributed by atoms with Crippen LogP contribution in [0, 0.1) is 0 Å². The van der Waals surface area contributed by atoms with Gasteiger partial charge in [0.1, 0.15) is 23.3 Å². The molecule has 0 radical (unpaired) electrons. The zero-order chi connectivity index (χ0) is 15.1. The van der Waals surface area contributed by atoms with Gasteiger partial charge < -0.3 is 24.3 Å². The van der Waals surface area contributed by atoms with Gasteiger partial charge in [-0.2, -0.15) is 0 Å². The van der Waals surface area contributed by atoms with E-state index in [1.165, 1.54) is 7.11 Å². The van der Waals surface area contributed by atoms with Crippen molar-refractivity contribution in [2.75, 3.05) is 28.4 Å². The molecule has 0 spiro atoms. The van der Waals surface area contributed by atoms with Gasteiger partial charge in [-0.15, -0.1) is 0 Å². The van der Waals surface area contributed by atoms with Gasteiger partial charge in [0.25, 0.3) is 0 Å². The van der Waals surface area contributed by atoms with Crippen molar-refractivity contribution in [2.24, 2.45) is 0 Å². The summed E-state index contributed by atoms with van der Waals surface area (Å²) >= 11 is 0. The molecular formula is C14H21NO5. The molecular weight excluding hydrogens is 262 g/mol. The first-order valence-corrected chi connectivity index (χ1v) is 6.17. The van der Waals surface area contributed by atoms with Crippen LogP contribution in [0.1, 0.15) is 12.5 Å². The summed E-state index contributed by atoms with van der Waals surface area (Å²) in [7, 11) is 6.07. The molecule has 0 saturated carbocycles. The molecule has 0 unspecified atom stereocenters. The normalized spacial score (nSPS) is 11.7. The summed E-state index contributed by atoms with van der Waals surface area (Å²) in [4.78, 5) is 11.4. The Kier molecular flexibility index (Phi) is 6.11. The second-order valence-corrected chi connectivity index (χ2v) is 4.14. The summed E-state index contributed by atoms with van der Waals surface area (Å²) in [6.45, 7) is 2.14. The van der Waals surface area contributed by atoms with Gasteiger partial charge in [-0.1, -0.05) is 0 Å². The third kappa shape index (κ3) is 3.77. The van der Waals surface area contributed by atoms with Gasteiger partial charge in [0.05, 0.1) is 34.0 Å². The van der Waals surface area contributed by atoms with Crippen LogP contribution in [0.4, 0.5) is 0 Å². The summed E-state index contributed by atoms with van der Waals surface area (Å²) in [6.07, 6.45) is 0. The first-order valence-electron chi connectivity index (χ1n) is 6.17. The van der Waals surface area contributed by atoms with Crippen LogP contribution >= 0.6 is 0 Å². The van der Waals surface area contributed by atoms with Gasteiger partial charge in [0, 0.05) is 18.7 Å². The van der Waals surface area contributed by atoms with Crippen LogP contribution in [0.5, 0.6) is 17.2 Å². The van der Waals surface area contributed by atoms with E-state index in [9.17, 15) is 4.79 Å². The highest BCUT2D eigenvalue weighted by Crippen LogP contribution is 2.33. The molecule has 0 aliphatic rings. The van der Waals surface area contributed by atoms with E-state index in [-0.39, 0.29) is 5.97 Å². The third-order valence-corrected chi connectivity index (χ3v) is 2.96. The molecule has 0 bridgehead atoms. The third-order valence-electron chi connectivity index (χ3n) is 2.96. The number of carbonyl (C=O) groups excluding carboxylic acids is 1. The van der Waals surface area contributed by atoms with Gasteiger partial charge in [0.15, 0.2) is 0 Å². The van der Waals surface area contributed by atoms with Crippen LogP contribution < -0.4 is 19.5 Å². The van der Waals surface area contributed by atoms with Gasteiger partial charge in [0.2, 0.25) is 0 Å². The average molecular weight is 283 g/mol. The van der Waals surface area contributed by atoms with Crippen LogP contribution in [0.25, 0.3) is 0 Å². The van der Waals surface area contributed by atoms with Crippen molar-refractivity contribution in [3.63, 3.8) is 0 Å². The number of ether oxygens (including phenoxy) is 4. The predicted molar refractivity (Wildman–Crippen MR) is 74.4 cm³/mol. The SMILES string of the molecule is COC(=O)[C@H](C)NCc1c(OC)cc(OC)cc1OC. The lowest BCUT2D eigenvalue weighted by Gasteiger charge is -2.17. The Hall–Kier alpha value is -1.95. The van der Waals surface area contributed by atoms with Gasteiger partial charge in [-0.3, -0.25) is 4.79 Å². The molecule has 0 aliphatic heterocycles. The number of carbonyl (C=O) groups is 1. The molecule has 6 heteroatoms. The molecule has 6 nitrogen and oxygen atoms in total. The van der Waals surface area contributed by atoms with Crippen molar-refractivity contribution >= 4 is 5.97 Å². The van der Waals surface area contributed by atoms with Crippen LogP contribution in [0.15, 0.2) is 12.1 Å². The standard InChI is InChI=1S/C14H21NO5/c1-9(14(16)20-5)15-8-11-12(18-3)6-10(17-2)7-13(11)19-4/h6-7,9,15H,8H2,1-5H3/t9-/m0/s1. The van der Waals surface area contributed by atoms with E-state index in [4.69, 9.17) is 14.2 Å². The largest absolute Gasteiger partial charge is 0.496 e. The molecule has 112 valence electrons. The number of esters is 1. The molecule has 1 aromatic rings. The van der Waals surface area contributed by atoms with Crippen LogP contribution in [0.3, 0.4) is 0 Å². The van der Waals surface area contributed by atoms with Gasteiger partial charge in [-0.25, -0.2) is 0 Å². The summed E-state index contributed by atoms with van der Waals surface area (Å²) in [5.41, 5.74) is 0.812. The fraction of sp³-hybridized carbons (Fsp3) is 0.500. The molecule has 1 atom stereocenters. The molecule has 1 aromatic carbocycles. The number of hydrogen-bond donors (Lipinski definition) is 1. The number of methoxy groups -OCH3 is 4. The second-order valence-electron chi connectivity index (χ2n) is 4.14. The first kappa shape index (κ1) is 16.1. The van der Waals surface area contributed by atoms with E-state index in [0.29, 0.717) is 23.8 Å². The molecule has 0 heterocycles. The van der Waals surface area contributed by atoms with E-state index in [0.717, 1.165) is 5.56 Å². The topological polar surface area (TPSA) is 66.0 Å². The van der Waals surface area contributed by atoms with Crippen LogP contribution in [0.2, 0.25) is 0 Å². The molecule has 0 fully saturated rings. The van der Waals surface area contributed by atoms with Crippen molar-refractivity contribution in [1.29, 1.82) is 0 Å². The van der Waals surface area contributed by atoms with Gasteiger partial charge in [-0.05, 0) is 6.92 Å².